The lowest BCUT2D eigenvalue weighted by atomic mass is 10.0. The summed E-state index contributed by atoms with van der Waals surface area (Å²) in [5, 5.41) is 14.3. The third-order valence-electron chi connectivity index (χ3n) is 3.64. The van der Waals surface area contributed by atoms with Crippen molar-refractivity contribution in [3.63, 3.8) is 0 Å². The molecule has 24 heavy (non-hydrogen) atoms. The van der Waals surface area contributed by atoms with Crippen LogP contribution >= 0.6 is 0 Å². The quantitative estimate of drug-likeness (QED) is 0.516. The Morgan fingerprint density at radius 2 is 1.96 bits per heavy atom. The molecule has 0 aliphatic carbocycles. The van der Waals surface area contributed by atoms with Crippen LogP contribution in [0.2, 0.25) is 0 Å². The zero-order valence-corrected chi connectivity index (χ0v) is 12.8. The van der Waals surface area contributed by atoms with Gasteiger partial charge in [-0.05, 0) is 30.3 Å². The van der Waals surface area contributed by atoms with Crippen LogP contribution in [0.3, 0.4) is 0 Å². The van der Waals surface area contributed by atoms with Gasteiger partial charge in [-0.25, -0.2) is 4.79 Å². The van der Waals surface area contributed by atoms with Crippen LogP contribution in [0.1, 0.15) is 22.0 Å². The molecule has 0 saturated heterocycles. The number of anilines is 1. The van der Waals surface area contributed by atoms with Gasteiger partial charge in [0.1, 0.15) is 5.75 Å². The number of benzene rings is 2. The number of ether oxygens (including phenoxy) is 2. The molecule has 1 aliphatic heterocycles. The molecule has 1 aliphatic rings. The molecule has 7 heteroatoms. The minimum Gasteiger partial charge on any atom is -0.497 e. The summed E-state index contributed by atoms with van der Waals surface area (Å²) in [6.45, 7) is 0. The Morgan fingerprint density at radius 3 is 2.62 bits per heavy atom. The average Bonchev–Trinajstić information content (AvgIpc) is 2.93. The summed E-state index contributed by atoms with van der Waals surface area (Å²) in [5.41, 5.74) is 1.23. The number of rotatable bonds is 5. The molecule has 0 unspecified atom stereocenters. The smallest absolute Gasteiger partial charge is 0.339 e. The lowest BCUT2D eigenvalue weighted by molar-refractivity contribution is -0.436. The molecule has 122 valence electrons. The van der Waals surface area contributed by atoms with Crippen LogP contribution < -0.4 is 10.1 Å². The number of carbonyl (C=O) groups excluding carboxylic acids is 1. The van der Waals surface area contributed by atoms with E-state index in [9.17, 15) is 14.9 Å². The van der Waals surface area contributed by atoms with Crippen molar-refractivity contribution in [1.82, 2.24) is 0 Å². The minimum absolute atomic E-state index is 0.246. The van der Waals surface area contributed by atoms with Crippen LogP contribution in [0.5, 0.6) is 5.75 Å². The number of cyclic esters (lactones) is 1. The lowest BCUT2D eigenvalue weighted by Gasteiger charge is -2.09. The highest BCUT2D eigenvalue weighted by Gasteiger charge is 2.39. The second-order valence-corrected chi connectivity index (χ2v) is 5.07. The molecular weight excluding hydrogens is 312 g/mol. The van der Waals surface area contributed by atoms with Crippen LogP contribution in [0.25, 0.3) is 0 Å². The fraction of sp³-hybridized carbons (Fsp3) is 0.118. The fourth-order valence-corrected chi connectivity index (χ4v) is 2.43. The normalized spacial score (nSPS) is 16.3. The maximum Gasteiger partial charge on any atom is 0.339 e. The number of esters is 1. The van der Waals surface area contributed by atoms with Gasteiger partial charge in [0, 0.05) is 11.3 Å². The summed E-state index contributed by atoms with van der Waals surface area (Å²) < 4.78 is 10.2. The minimum atomic E-state index is -1.03. The Hall–Kier alpha value is -3.35. The first kappa shape index (κ1) is 15.5. The van der Waals surface area contributed by atoms with Gasteiger partial charge < -0.3 is 14.8 Å². The van der Waals surface area contributed by atoms with Crippen LogP contribution in [0.4, 0.5) is 5.69 Å². The van der Waals surface area contributed by atoms with E-state index in [2.05, 4.69) is 5.32 Å². The summed E-state index contributed by atoms with van der Waals surface area (Å²) in [6.07, 6.45) is 0.205. The number of nitro groups is 1. The molecule has 7 nitrogen and oxygen atoms in total. The van der Waals surface area contributed by atoms with E-state index in [1.54, 1.807) is 55.6 Å². The Bertz CT molecular complexity index is 814. The molecule has 1 atom stereocenters. The summed E-state index contributed by atoms with van der Waals surface area (Å²) in [4.78, 5) is 22.7. The van der Waals surface area contributed by atoms with Gasteiger partial charge >= 0.3 is 11.7 Å². The van der Waals surface area contributed by atoms with Gasteiger partial charge in [0.25, 0.3) is 0 Å². The van der Waals surface area contributed by atoms with Gasteiger partial charge in [-0.15, -0.1) is 0 Å². The van der Waals surface area contributed by atoms with E-state index < -0.39 is 17.0 Å². The molecule has 0 radical (unpaired) electrons. The topological polar surface area (TPSA) is 90.7 Å². The maximum atomic E-state index is 11.8. The maximum absolute atomic E-state index is 11.8. The molecule has 0 aromatic heterocycles. The number of nitrogens with zero attached hydrogens (tertiary/aromatic N) is 1. The summed E-state index contributed by atoms with van der Waals surface area (Å²) >= 11 is 0. The second kappa shape index (κ2) is 6.41. The van der Waals surface area contributed by atoms with Gasteiger partial charge in [0.15, 0.2) is 0 Å². The van der Waals surface area contributed by atoms with Gasteiger partial charge in [0.2, 0.25) is 6.10 Å². The highest BCUT2D eigenvalue weighted by Crippen LogP contribution is 2.35. The van der Waals surface area contributed by atoms with Crippen molar-refractivity contribution < 1.29 is 19.2 Å². The van der Waals surface area contributed by atoms with Crippen molar-refractivity contribution >= 4 is 11.7 Å². The van der Waals surface area contributed by atoms with Crippen LogP contribution in [-0.2, 0) is 4.74 Å². The standard InChI is InChI=1S/C17H14N2O5/c1-23-12-8-6-11(7-9-12)18-10-15(19(21)22)16-13-4-2-3-5-14(13)17(20)24-16/h2-10,16,18H,1H3/b15-10+/t16-/m1/s1. The Kier molecular flexibility index (Phi) is 4.15. The molecule has 0 amide bonds. The predicted octanol–water partition coefficient (Wildman–Crippen LogP) is 3.14. The largest absolute Gasteiger partial charge is 0.497 e. The molecule has 2 aromatic carbocycles. The molecule has 1 N–H and O–H groups in total. The van der Waals surface area contributed by atoms with Crippen molar-refractivity contribution in [2.24, 2.45) is 0 Å². The molecular formula is C17H14N2O5. The van der Waals surface area contributed by atoms with E-state index in [0.717, 1.165) is 0 Å². The summed E-state index contributed by atoms with van der Waals surface area (Å²) in [6, 6.07) is 13.5. The Morgan fingerprint density at radius 1 is 1.25 bits per heavy atom. The highest BCUT2D eigenvalue weighted by molar-refractivity contribution is 5.94. The van der Waals surface area contributed by atoms with Crippen molar-refractivity contribution in [3.05, 3.63) is 81.7 Å². The van der Waals surface area contributed by atoms with Crippen molar-refractivity contribution in [1.29, 1.82) is 0 Å². The number of nitrogens with one attached hydrogen (secondary N) is 1. The van der Waals surface area contributed by atoms with Crippen molar-refractivity contribution in [2.45, 2.75) is 6.10 Å². The molecule has 1 heterocycles. The summed E-state index contributed by atoms with van der Waals surface area (Å²) in [7, 11) is 1.55. The second-order valence-electron chi connectivity index (χ2n) is 5.07. The molecule has 0 spiro atoms. The molecule has 0 saturated carbocycles. The van der Waals surface area contributed by atoms with Crippen LogP contribution in [0.15, 0.2) is 60.4 Å². The van der Waals surface area contributed by atoms with E-state index in [1.165, 1.54) is 6.20 Å². The van der Waals surface area contributed by atoms with Gasteiger partial charge in [-0.2, -0.15) is 0 Å². The highest BCUT2D eigenvalue weighted by atomic mass is 16.6. The van der Waals surface area contributed by atoms with Crippen molar-refractivity contribution in [3.8, 4) is 5.75 Å². The lowest BCUT2D eigenvalue weighted by Crippen LogP contribution is -2.12. The summed E-state index contributed by atoms with van der Waals surface area (Å²) in [5.74, 6) is 0.116. The molecule has 0 bridgehead atoms. The van der Waals surface area contributed by atoms with Crippen LogP contribution in [0, 0.1) is 10.1 Å². The fourth-order valence-electron chi connectivity index (χ4n) is 2.43. The van der Waals surface area contributed by atoms with Crippen molar-refractivity contribution in [2.75, 3.05) is 12.4 Å². The third kappa shape index (κ3) is 2.91. The predicted molar refractivity (Wildman–Crippen MR) is 86.3 cm³/mol. The van der Waals surface area contributed by atoms with E-state index in [0.29, 0.717) is 22.6 Å². The van der Waals surface area contributed by atoms with Gasteiger partial charge in [-0.1, -0.05) is 18.2 Å². The number of hydrogen-bond donors (Lipinski definition) is 1. The molecule has 2 aromatic rings. The SMILES string of the molecule is COc1ccc(N/C=C(\[C@@H]2OC(=O)c3ccccc32)[N+](=O)[O-])cc1. The first-order valence-corrected chi connectivity index (χ1v) is 7.15. The number of hydrogen-bond acceptors (Lipinski definition) is 6. The van der Waals surface area contributed by atoms with E-state index in [-0.39, 0.29) is 5.70 Å². The molecule has 0 fully saturated rings. The Labute approximate surface area is 137 Å². The number of fused-ring (bicyclic) bond motifs is 1. The first-order valence-electron chi connectivity index (χ1n) is 7.15. The number of methoxy groups -OCH3 is 1. The zero-order valence-electron chi connectivity index (χ0n) is 12.8. The van der Waals surface area contributed by atoms with E-state index in [4.69, 9.17) is 9.47 Å². The monoisotopic (exact) mass is 326 g/mol. The molecule has 3 rings (SSSR count). The van der Waals surface area contributed by atoms with Gasteiger partial charge in [-0.3, -0.25) is 10.1 Å². The Balaban J connectivity index is 1.87. The average molecular weight is 326 g/mol. The third-order valence-corrected chi connectivity index (χ3v) is 3.64. The van der Waals surface area contributed by atoms with Gasteiger partial charge in [0.05, 0.1) is 23.8 Å². The number of carbonyl (C=O) groups is 1. The van der Waals surface area contributed by atoms with Crippen LogP contribution in [-0.4, -0.2) is 18.0 Å². The zero-order chi connectivity index (χ0) is 17.1. The van der Waals surface area contributed by atoms with E-state index >= 15 is 0 Å². The van der Waals surface area contributed by atoms with E-state index in [1.807, 2.05) is 0 Å². The first-order chi connectivity index (χ1) is 11.6.